The Morgan fingerprint density at radius 3 is 2.10 bits per heavy atom. The second kappa shape index (κ2) is 9.19. The number of hydrogen-bond donors (Lipinski definition) is 0. The molecular weight excluding hydrogens is 440 g/mol. The van der Waals surface area contributed by atoms with E-state index in [1.54, 1.807) is 13.8 Å². The van der Waals surface area contributed by atoms with Gasteiger partial charge in [-0.2, -0.15) is 16.8 Å². The molecule has 0 spiro atoms. The van der Waals surface area contributed by atoms with Crippen LogP contribution < -0.4 is 0 Å². The molecule has 1 aliphatic heterocycles. The third-order valence-electron chi connectivity index (χ3n) is 5.17. The highest BCUT2D eigenvalue weighted by atomic mass is 32.2. The predicted molar refractivity (Wildman–Crippen MR) is 112 cm³/mol. The lowest BCUT2D eigenvalue weighted by atomic mass is 9.95. The molecule has 1 aliphatic rings. The minimum absolute atomic E-state index is 0.0107. The number of ether oxygens (including phenoxy) is 2. The zero-order valence-corrected chi connectivity index (χ0v) is 21.5. The van der Waals surface area contributed by atoms with Crippen molar-refractivity contribution in [3.05, 3.63) is 0 Å². The Bertz CT molecular complexity index is 754. The second-order valence-electron chi connectivity index (χ2n) is 9.43. The van der Waals surface area contributed by atoms with Crippen molar-refractivity contribution in [1.82, 2.24) is 0 Å². The summed E-state index contributed by atoms with van der Waals surface area (Å²) >= 11 is 0. The van der Waals surface area contributed by atoms with Crippen LogP contribution in [0.25, 0.3) is 0 Å². The van der Waals surface area contributed by atoms with Crippen LogP contribution in [-0.2, 0) is 42.5 Å². The van der Waals surface area contributed by atoms with E-state index >= 15 is 0 Å². The molecule has 3 atom stereocenters. The van der Waals surface area contributed by atoms with Crippen molar-refractivity contribution in [2.24, 2.45) is 5.92 Å². The summed E-state index contributed by atoms with van der Waals surface area (Å²) in [6.07, 6.45) is 0.229. The lowest BCUT2D eigenvalue weighted by Gasteiger charge is -2.44. The first-order chi connectivity index (χ1) is 12.7. The summed E-state index contributed by atoms with van der Waals surface area (Å²) in [5, 5.41) is -0.0804. The molecule has 0 saturated carbocycles. The maximum atomic E-state index is 11.9. The summed E-state index contributed by atoms with van der Waals surface area (Å²) in [6, 6.07) is 0. The van der Waals surface area contributed by atoms with E-state index < -0.39 is 52.5 Å². The van der Waals surface area contributed by atoms with Gasteiger partial charge in [-0.25, -0.2) is 0 Å². The molecule has 1 rings (SSSR count). The molecule has 0 aromatic rings. The fourth-order valence-electron chi connectivity index (χ4n) is 2.54. The van der Waals surface area contributed by atoms with E-state index in [9.17, 15) is 16.8 Å². The van der Waals surface area contributed by atoms with Gasteiger partial charge in [-0.05, 0) is 32.0 Å². The van der Waals surface area contributed by atoms with Crippen molar-refractivity contribution in [2.45, 2.75) is 70.7 Å². The Labute approximate surface area is 176 Å². The van der Waals surface area contributed by atoms with Gasteiger partial charge >= 0.3 is 0 Å². The molecule has 0 aromatic carbocycles. The molecule has 12 heteroatoms. The first kappa shape index (κ1) is 27.0. The van der Waals surface area contributed by atoms with Gasteiger partial charge in [-0.15, -0.1) is 0 Å². The van der Waals surface area contributed by atoms with E-state index in [1.165, 1.54) is 0 Å². The highest BCUT2D eigenvalue weighted by molar-refractivity contribution is 7.86. The van der Waals surface area contributed by atoms with Crippen molar-refractivity contribution in [2.75, 3.05) is 32.3 Å². The van der Waals surface area contributed by atoms with E-state index in [4.69, 9.17) is 22.3 Å². The van der Waals surface area contributed by atoms with Gasteiger partial charge in [-0.1, -0.05) is 20.8 Å². The minimum Gasteiger partial charge on any atom is -0.414 e. The Morgan fingerprint density at radius 1 is 1.10 bits per heavy atom. The lowest BCUT2D eigenvalue weighted by molar-refractivity contribution is -0.305. The first-order valence-electron chi connectivity index (χ1n) is 9.41. The molecule has 1 saturated heterocycles. The largest absolute Gasteiger partial charge is 0.414 e. The highest BCUT2D eigenvalue weighted by Crippen LogP contribution is 2.37. The molecule has 2 unspecified atom stereocenters. The Morgan fingerprint density at radius 2 is 1.66 bits per heavy atom. The fraction of sp³-hybridized carbons (Fsp3) is 1.00. The zero-order chi connectivity index (χ0) is 22.9. The molecule has 1 heterocycles. The zero-order valence-electron chi connectivity index (χ0n) is 18.8. The quantitative estimate of drug-likeness (QED) is 0.364. The van der Waals surface area contributed by atoms with Crippen LogP contribution in [-0.4, -0.2) is 75.5 Å². The lowest BCUT2D eigenvalue weighted by Crippen LogP contribution is -2.54. The number of rotatable bonds is 9. The van der Waals surface area contributed by atoms with Gasteiger partial charge in [-0.3, -0.25) is 8.37 Å². The SMILES string of the molecule is CC1(C)OCC([C@H](CO[Si](C)(C)C(C)(C)C)OS(C)(=O)=O)C(COS(C)(=O)=O)O1. The molecule has 0 radical (unpaired) electrons. The monoisotopic (exact) mass is 476 g/mol. The summed E-state index contributed by atoms with van der Waals surface area (Å²) in [4.78, 5) is 0. The van der Waals surface area contributed by atoms with Gasteiger partial charge < -0.3 is 13.9 Å². The molecule has 9 nitrogen and oxygen atoms in total. The summed E-state index contributed by atoms with van der Waals surface area (Å²) in [7, 11) is -9.70. The second-order valence-corrected chi connectivity index (χ2v) is 17.5. The molecule has 0 aliphatic carbocycles. The van der Waals surface area contributed by atoms with Crippen LogP contribution in [0.15, 0.2) is 0 Å². The van der Waals surface area contributed by atoms with Crippen molar-refractivity contribution in [3.63, 3.8) is 0 Å². The van der Waals surface area contributed by atoms with Crippen LogP contribution in [0.1, 0.15) is 34.6 Å². The summed E-state index contributed by atoms with van der Waals surface area (Å²) in [5.41, 5.74) is 0. The van der Waals surface area contributed by atoms with E-state index in [1.807, 2.05) is 13.1 Å². The minimum atomic E-state index is -3.81. The topological polar surface area (TPSA) is 114 Å². The van der Waals surface area contributed by atoms with Gasteiger partial charge in [0.05, 0.1) is 38.4 Å². The van der Waals surface area contributed by atoms with Gasteiger partial charge in [0.1, 0.15) is 6.10 Å². The molecule has 0 bridgehead atoms. The van der Waals surface area contributed by atoms with Crippen LogP contribution in [0.2, 0.25) is 18.1 Å². The standard InChI is InChI=1S/C17H36O9S2Si/c1-16(2,3)29(8,9)24-12-15(26-28(7,20)21)13-10-22-17(4,5)25-14(13)11-23-27(6,18)19/h13-15H,10-12H2,1-9H3/t13?,14?,15-/m0/s1. The molecule has 0 amide bonds. The molecular formula is C17H36O9S2Si. The van der Waals surface area contributed by atoms with Crippen molar-refractivity contribution < 1.29 is 39.1 Å². The van der Waals surface area contributed by atoms with Crippen molar-refractivity contribution in [3.8, 4) is 0 Å². The average molecular weight is 477 g/mol. The van der Waals surface area contributed by atoms with Crippen molar-refractivity contribution >= 4 is 28.6 Å². The molecule has 174 valence electrons. The normalized spacial score (nSPS) is 25.0. The summed E-state index contributed by atoms with van der Waals surface area (Å²) in [6.45, 7) is 13.5. The molecule has 0 N–H and O–H groups in total. The van der Waals surface area contributed by atoms with Gasteiger partial charge in [0.2, 0.25) is 0 Å². The predicted octanol–water partition coefficient (Wildman–Crippen LogP) is 2.10. The third-order valence-corrected chi connectivity index (χ3v) is 10.8. The maximum Gasteiger partial charge on any atom is 0.264 e. The maximum absolute atomic E-state index is 11.9. The fourth-order valence-corrected chi connectivity index (χ4v) is 4.58. The number of hydrogen-bond acceptors (Lipinski definition) is 9. The van der Waals surface area contributed by atoms with Crippen LogP contribution in [0.3, 0.4) is 0 Å². The van der Waals surface area contributed by atoms with Crippen LogP contribution in [0.5, 0.6) is 0 Å². The Balaban J connectivity index is 3.12. The molecule has 1 fully saturated rings. The van der Waals surface area contributed by atoms with Gasteiger partial charge in [0, 0.05) is 5.92 Å². The van der Waals surface area contributed by atoms with Gasteiger partial charge in [0.15, 0.2) is 14.1 Å². The van der Waals surface area contributed by atoms with Gasteiger partial charge in [0.25, 0.3) is 20.2 Å². The van der Waals surface area contributed by atoms with E-state index in [0.717, 1.165) is 12.5 Å². The average Bonchev–Trinajstić information content (AvgIpc) is 2.46. The highest BCUT2D eigenvalue weighted by Gasteiger charge is 2.44. The van der Waals surface area contributed by atoms with Crippen molar-refractivity contribution in [1.29, 1.82) is 0 Å². The Kier molecular flexibility index (Phi) is 8.54. The summed E-state index contributed by atoms with van der Waals surface area (Å²) in [5.74, 6) is -1.58. The van der Waals surface area contributed by atoms with E-state index in [0.29, 0.717) is 0 Å². The van der Waals surface area contributed by atoms with E-state index in [-0.39, 0.29) is 24.9 Å². The van der Waals surface area contributed by atoms with Crippen LogP contribution in [0, 0.1) is 5.92 Å². The first-order valence-corrected chi connectivity index (χ1v) is 15.9. The molecule has 0 aromatic heterocycles. The third kappa shape index (κ3) is 9.29. The summed E-state index contributed by atoms with van der Waals surface area (Å²) < 4.78 is 74.6. The Hall–Kier alpha value is -0.0831. The van der Waals surface area contributed by atoms with Crippen LogP contribution in [0.4, 0.5) is 0 Å². The smallest absolute Gasteiger partial charge is 0.264 e. The van der Waals surface area contributed by atoms with Crippen LogP contribution >= 0.6 is 0 Å². The molecule has 29 heavy (non-hydrogen) atoms. The van der Waals surface area contributed by atoms with E-state index in [2.05, 4.69) is 20.8 Å².